The highest BCUT2D eigenvalue weighted by molar-refractivity contribution is 6.11. The fourth-order valence-corrected chi connectivity index (χ4v) is 4.64. The maximum absolute atomic E-state index is 13.1. The van der Waals surface area contributed by atoms with Crippen LogP contribution in [0.5, 0.6) is 0 Å². The van der Waals surface area contributed by atoms with Crippen LogP contribution in [0.25, 0.3) is 0 Å². The maximum atomic E-state index is 13.1. The number of hydrogen-bond acceptors (Lipinski definition) is 4. The zero-order chi connectivity index (χ0) is 23.4. The summed E-state index contributed by atoms with van der Waals surface area (Å²) in [4.78, 5) is 52.1. The minimum atomic E-state index is -0.912. The Balaban J connectivity index is 1.41. The summed E-state index contributed by atoms with van der Waals surface area (Å²) in [6.45, 7) is 1.91. The largest absolute Gasteiger partial charge is 0.348 e. The Bertz CT molecular complexity index is 1070. The van der Waals surface area contributed by atoms with Crippen LogP contribution in [0.2, 0.25) is 0 Å². The molecule has 2 aromatic carbocycles. The van der Waals surface area contributed by atoms with Gasteiger partial charge in [0.15, 0.2) is 0 Å². The molecule has 33 heavy (non-hydrogen) atoms. The molecule has 2 aromatic rings. The molecule has 8 heteroatoms. The lowest BCUT2D eigenvalue weighted by Gasteiger charge is -2.36. The van der Waals surface area contributed by atoms with Crippen molar-refractivity contribution >= 4 is 29.4 Å². The van der Waals surface area contributed by atoms with E-state index < -0.39 is 24.0 Å². The van der Waals surface area contributed by atoms with Crippen molar-refractivity contribution in [1.82, 2.24) is 15.5 Å². The van der Waals surface area contributed by atoms with E-state index in [1.54, 1.807) is 24.3 Å². The molecule has 0 unspecified atom stereocenters. The van der Waals surface area contributed by atoms with Crippen LogP contribution in [-0.4, -0.2) is 40.7 Å². The lowest BCUT2D eigenvalue weighted by molar-refractivity contribution is -0.136. The van der Waals surface area contributed by atoms with Crippen molar-refractivity contribution < 1.29 is 19.2 Å². The SMILES string of the molecule is C[C@@H]1CCCC[C@@]12NC(=O)N(CC(=O)Nc1ccccc1C(=O)NCc1ccccc1)C2=O. The summed E-state index contributed by atoms with van der Waals surface area (Å²) in [5.74, 6) is -1.20. The molecule has 1 aliphatic carbocycles. The highest BCUT2D eigenvalue weighted by Gasteiger charge is 2.55. The number of urea groups is 1. The summed E-state index contributed by atoms with van der Waals surface area (Å²) in [6.07, 6.45) is 3.33. The average molecular weight is 449 g/mol. The summed E-state index contributed by atoms with van der Waals surface area (Å²) < 4.78 is 0. The standard InChI is InChI=1S/C25H28N4O4/c1-17-9-7-8-14-25(17)23(32)29(24(33)28-25)16-21(30)27-20-13-6-5-12-19(20)22(31)26-15-18-10-3-2-4-11-18/h2-6,10-13,17H,7-9,14-16H2,1H3,(H,26,31)(H,27,30)(H,28,33)/t17-,25-/m1/s1. The summed E-state index contributed by atoms with van der Waals surface area (Å²) in [5.41, 5.74) is 0.666. The smallest absolute Gasteiger partial charge is 0.325 e. The number of anilines is 1. The van der Waals surface area contributed by atoms with Gasteiger partial charge < -0.3 is 16.0 Å². The van der Waals surface area contributed by atoms with Gasteiger partial charge in [0.05, 0.1) is 11.3 Å². The van der Waals surface area contributed by atoms with Crippen molar-refractivity contribution in [3.63, 3.8) is 0 Å². The van der Waals surface area contributed by atoms with Gasteiger partial charge in [-0.05, 0) is 36.5 Å². The van der Waals surface area contributed by atoms with Gasteiger partial charge in [-0.25, -0.2) is 4.79 Å². The number of benzene rings is 2. The van der Waals surface area contributed by atoms with Gasteiger partial charge >= 0.3 is 6.03 Å². The van der Waals surface area contributed by atoms with E-state index in [4.69, 9.17) is 0 Å². The molecule has 0 bridgehead atoms. The van der Waals surface area contributed by atoms with Crippen LogP contribution in [0.3, 0.4) is 0 Å². The number of hydrogen-bond donors (Lipinski definition) is 3. The predicted octanol–water partition coefficient (Wildman–Crippen LogP) is 3.06. The highest BCUT2D eigenvalue weighted by Crippen LogP contribution is 2.38. The van der Waals surface area contributed by atoms with Gasteiger partial charge in [-0.3, -0.25) is 19.3 Å². The van der Waals surface area contributed by atoms with Gasteiger partial charge in [0.2, 0.25) is 5.91 Å². The zero-order valence-electron chi connectivity index (χ0n) is 18.6. The van der Waals surface area contributed by atoms with Crippen LogP contribution in [0.1, 0.15) is 48.5 Å². The average Bonchev–Trinajstić information content (AvgIpc) is 3.05. The van der Waals surface area contributed by atoms with Gasteiger partial charge in [0, 0.05) is 6.54 Å². The number of nitrogens with one attached hydrogen (secondary N) is 3. The molecule has 172 valence electrons. The van der Waals surface area contributed by atoms with Gasteiger partial charge in [-0.1, -0.05) is 62.2 Å². The minimum absolute atomic E-state index is 0.0183. The molecule has 1 spiro atoms. The molecule has 5 amide bonds. The third-order valence-electron chi connectivity index (χ3n) is 6.54. The van der Waals surface area contributed by atoms with Crippen molar-refractivity contribution in [3.05, 3.63) is 65.7 Å². The second-order valence-corrected chi connectivity index (χ2v) is 8.70. The zero-order valence-corrected chi connectivity index (χ0v) is 18.6. The first kappa shape index (κ1) is 22.5. The predicted molar refractivity (Wildman–Crippen MR) is 123 cm³/mol. The fraction of sp³-hybridized carbons (Fsp3) is 0.360. The Morgan fingerprint density at radius 3 is 2.55 bits per heavy atom. The van der Waals surface area contributed by atoms with Gasteiger partial charge in [-0.15, -0.1) is 0 Å². The summed E-state index contributed by atoms with van der Waals surface area (Å²) in [7, 11) is 0. The quantitative estimate of drug-likeness (QED) is 0.590. The first-order chi connectivity index (χ1) is 15.9. The normalized spacial score (nSPS) is 22.2. The topological polar surface area (TPSA) is 108 Å². The number of carbonyl (C=O) groups is 4. The van der Waals surface area contributed by atoms with E-state index >= 15 is 0 Å². The third-order valence-corrected chi connectivity index (χ3v) is 6.54. The van der Waals surface area contributed by atoms with E-state index in [2.05, 4.69) is 16.0 Å². The molecule has 0 aromatic heterocycles. The third kappa shape index (κ3) is 4.60. The Morgan fingerprint density at radius 1 is 1.06 bits per heavy atom. The van der Waals surface area contributed by atoms with Crippen molar-refractivity contribution in [2.45, 2.75) is 44.7 Å². The first-order valence-corrected chi connectivity index (χ1v) is 11.3. The number of para-hydroxylation sites is 1. The molecule has 2 fully saturated rings. The maximum Gasteiger partial charge on any atom is 0.325 e. The number of rotatable bonds is 6. The molecule has 1 saturated heterocycles. The van der Waals surface area contributed by atoms with Crippen molar-refractivity contribution in [2.24, 2.45) is 5.92 Å². The van der Waals surface area contributed by atoms with E-state index in [1.165, 1.54) is 0 Å². The van der Waals surface area contributed by atoms with Gasteiger partial charge in [0.25, 0.3) is 11.8 Å². The van der Waals surface area contributed by atoms with Crippen LogP contribution in [0.15, 0.2) is 54.6 Å². The second kappa shape index (κ2) is 9.44. The van der Waals surface area contributed by atoms with Crippen LogP contribution in [0, 0.1) is 5.92 Å². The fourth-order valence-electron chi connectivity index (χ4n) is 4.64. The molecule has 2 atom stereocenters. The molecular formula is C25H28N4O4. The van der Waals surface area contributed by atoms with Crippen LogP contribution < -0.4 is 16.0 Å². The number of imide groups is 1. The molecule has 3 N–H and O–H groups in total. The van der Waals surface area contributed by atoms with Crippen LogP contribution in [-0.2, 0) is 16.1 Å². The van der Waals surface area contributed by atoms with Crippen LogP contribution >= 0.6 is 0 Å². The molecule has 0 radical (unpaired) electrons. The van der Waals surface area contributed by atoms with E-state index in [0.717, 1.165) is 29.7 Å². The second-order valence-electron chi connectivity index (χ2n) is 8.70. The molecule has 1 aliphatic heterocycles. The van der Waals surface area contributed by atoms with Crippen LogP contribution in [0.4, 0.5) is 10.5 Å². The van der Waals surface area contributed by atoms with E-state index in [0.29, 0.717) is 24.2 Å². The lowest BCUT2D eigenvalue weighted by atomic mass is 9.73. The number of amides is 5. The molecule has 8 nitrogen and oxygen atoms in total. The highest BCUT2D eigenvalue weighted by atomic mass is 16.2. The molecular weight excluding hydrogens is 420 g/mol. The van der Waals surface area contributed by atoms with E-state index in [-0.39, 0.29) is 17.7 Å². The Kier molecular flexibility index (Phi) is 6.44. The van der Waals surface area contributed by atoms with Crippen molar-refractivity contribution in [2.75, 3.05) is 11.9 Å². The lowest BCUT2D eigenvalue weighted by Crippen LogP contribution is -2.54. The number of carbonyl (C=O) groups excluding carboxylic acids is 4. The van der Waals surface area contributed by atoms with Gasteiger partial charge in [0.1, 0.15) is 12.1 Å². The first-order valence-electron chi connectivity index (χ1n) is 11.3. The van der Waals surface area contributed by atoms with E-state index in [9.17, 15) is 19.2 Å². The monoisotopic (exact) mass is 448 g/mol. The summed E-state index contributed by atoms with van der Waals surface area (Å²) in [5, 5.41) is 8.37. The van der Waals surface area contributed by atoms with Crippen molar-refractivity contribution in [3.8, 4) is 0 Å². The summed E-state index contributed by atoms with van der Waals surface area (Å²) >= 11 is 0. The Labute approximate surface area is 192 Å². The Hall–Kier alpha value is -3.68. The molecule has 1 heterocycles. The molecule has 1 saturated carbocycles. The minimum Gasteiger partial charge on any atom is -0.348 e. The van der Waals surface area contributed by atoms with Gasteiger partial charge in [-0.2, -0.15) is 0 Å². The Morgan fingerprint density at radius 2 is 1.79 bits per heavy atom. The molecule has 4 rings (SSSR count). The molecule has 2 aliphatic rings. The summed E-state index contributed by atoms with van der Waals surface area (Å²) in [6, 6.07) is 15.6. The number of nitrogens with zero attached hydrogens (tertiary/aromatic N) is 1. The van der Waals surface area contributed by atoms with Crippen molar-refractivity contribution in [1.29, 1.82) is 0 Å². The van der Waals surface area contributed by atoms with E-state index in [1.807, 2.05) is 37.3 Å².